The van der Waals surface area contributed by atoms with E-state index in [0.717, 1.165) is 21.8 Å². The van der Waals surface area contributed by atoms with E-state index in [1.807, 2.05) is 25.1 Å². The van der Waals surface area contributed by atoms with Gasteiger partial charge in [-0.3, -0.25) is 24.6 Å². The Balaban J connectivity index is 1.72. The van der Waals surface area contributed by atoms with Gasteiger partial charge in [0.1, 0.15) is 16.7 Å². The average Bonchev–Trinajstić information content (AvgIpc) is 3.17. The number of carbonyl (C=O) groups excluding carboxylic acids is 2. The topological polar surface area (TPSA) is 116 Å². The second-order valence-corrected chi connectivity index (χ2v) is 10.1. The summed E-state index contributed by atoms with van der Waals surface area (Å²) in [5.41, 5.74) is 2.36. The molecular formula is C26H19BrN4O4S. The van der Waals surface area contributed by atoms with E-state index in [1.54, 1.807) is 48.5 Å². The molecule has 36 heavy (non-hydrogen) atoms. The molecule has 0 aliphatic carbocycles. The van der Waals surface area contributed by atoms with E-state index in [4.69, 9.17) is 0 Å². The minimum Gasteiger partial charge on any atom is -0.321 e. The molecule has 0 radical (unpaired) electrons. The largest absolute Gasteiger partial charge is 0.321 e. The highest BCUT2D eigenvalue weighted by Crippen LogP contribution is 2.42. The van der Waals surface area contributed by atoms with Gasteiger partial charge < -0.3 is 5.32 Å². The number of hydrogen-bond donors (Lipinski definition) is 1. The first kappa shape index (κ1) is 25.2. The van der Waals surface area contributed by atoms with Crippen molar-refractivity contribution in [3.8, 4) is 6.07 Å². The lowest BCUT2D eigenvalue weighted by molar-refractivity contribution is -0.384. The monoisotopic (exact) mass is 562 g/mol. The van der Waals surface area contributed by atoms with Crippen molar-refractivity contribution in [3.05, 3.63) is 109 Å². The minimum absolute atomic E-state index is 0.0688. The number of hydrogen-bond acceptors (Lipinski definition) is 6. The molecule has 3 aromatic rings. The van der Waals surface area contributed by atoms with Crippen LogP contribution in [0.1, 0.15) is 11.1 Å². The van der Waals surface area contributed by atoms with Crippen molar-refractivity contribution in [1.82, 2.24) is 0 Å². The smallest absolute Gasteiger partial charge is 0.269 e. The number of anilines is 2. The van der Waals surface area contributed by atoms with Crippen molar-refractivity contribution in [3.63, 3.8) is 0 Å². The Hall–Kier alpha value is -3.94. The van der Waals surface area contributed by atoms with Gasteiger partial charge in [0, 0.05) is 28.0 Å². The molecule has 8 nitrogen and oxygen atoms in total. The number of rotatable bonds is 6. The summed E-state index contributed by atoms with van der Waals surface area (Å²) in [6, 6.07) is 22.2. The van der Waals surface area contributed by atoms with E-state index in [0.29, 0.717) is 16.9 Å². The minimum atomic E-state index is -0.674. The first-order chi connectivity index (χ1) is 17.3. The predicted octanol–water partition coefficient (Wildman–Crippen LogP) is 5.73. The second-order valence-electron chi connectivity index (χ2n) is 8.00. The number of nitrogens with zero attached hydrogens (tertiary/aromatic N) is 3. The standard InChI is InChI=1S/C26H19BrN4O4S/c1-16-5-11-20(12-6-16)30-25(33)23(14-17-3-2-4-21(13-17)31(34)35)36-26(30)22(15-28)24(32)29-19-9-7-18(27)8-10-19/h2-13,23H,14H2,1H3,(H,29,32)/b26-22-. The van der Waals surface area contributed by atoms with Crippen LogP contribution < -0.4 is 10.2 Å². The molecule has 1 unspecified atom stereocenters. The number of nitriles is 1. The van der Waals surface area contributed by atoms with Crippen LogP contribution in [0, 0.1) is 28.4 Å². The van der Waals surface area contributed by atoms with Gasteiger partial charge in [0.15, 0.2) is 0 Å². The molecule has 3 aromatic carbocycles. The molecule has 1 N–H and O–H groups in total. The lowest BCUT2D eigenvalue weighted by Gasteiger charge is -2.19. The van der Waals surface area contributed by atoms with Crippen LogP contribution in [-0.4, -0.2) is 22.0 Å². The van der Waals surface area contributed by atoms with Gasteiger partial charge in [0.05, 0.1) is 10.2 Å². The molecule has 4 rings (SSSR count). The van der Waals surface area contributed by atoms with Crippen LogP contribution in [0.5, 0.6) is 0 Å². The fourth-order valence-electron chi connectivity index (χ4n) is 3.65. The average molecular weight is 563 g/mol. The fraction of sp³-hybridized carbons (Fsp3) is 0.115. The molecule has 1 atom stereocenters. The number of nitro groups is 1. The van der Waals surface area contributed by atoms with Crippen molar-refractivity contribution in [2.75, 3.05) is 10.2 Å². The highest BCUT2D eigenvalue weighted by Gasteiger charge is 2.41. The zero-order valence-electron chi connectivity index (χ0n) is 19.0. The molecule has 0 bridgehead atoms. The third-order valence-electron chi connectivity index (χ3n) is 5.44. The summed E-state index contributed by atoms with van der Waals surface area (Å²) in [5, 5.41) is 23.4. The summed E-state index contributed by atoms with van der Waals surface area (Å²) in [6.07, 6.45) is 0.198. The van der Waals surface area contributed by atoms with Crippen LogP contribution in [0.2, 0.25) is 0 Å². The molecule has 1 saturated heterocycles. The summed E-state index contributed by atoms with van der Waals surface area (Å²) in [6.45, 7) is 1.92. The molecule has 1 aliphatic heterocycles. The van der Waals surface area contributed by atoms with Crippen molar-refractivity contribution >= 4 is 56.6 Å². The maximum Gasteiger partial charge on any atom is 0.269 e. The van der Waals surface area contributed by atoms with E-state index in [9.17, 15) is 25.0 Å². The number of thioether (sulfide) groups is 1. The third kappa shape index (κ3) is 5.48. The van der Waals surface area contributed by atoms with Crippen molar-refractivity contribution in [2.24, 2.45) is 0 Å². The predicted molar refractivity (Wildman–Crippen MR) is 142 cm³/mol. The number of benzene rings is 3. The summed E-state index contributed by atoms with van der Waals surface area (Å²) in [7, 11) is 0. The van der Waals surface area contributed by atoms with Gasteiger partial charge in [0.25, 0.3) is 11.6 Å². The van der Waals surface area contributed by atoms with Gasteiger partial charge in [-0.15, -0.1) is 0 Å². The van der Waals surface area contributed by atoms with Crippen LogP contribution in [0.3, 0.4) is 0 Å². The molecule has 2 amide bonds. The Bertz CT molecular complexity index is 1420. The Morgan fingerprint density at radius 2 is 1.86 bits per heavy atom. The van der Waals surface area contributed by atoms with Crippen LogP contribution in [0.15, 0.2) is 87.9 Å². The zero-order valence-corrected chi connectivity index (χ0v) is 21.4. The summed E-state index contributed by atoms with van der Waals surface area (Å²) >= 11 is 4.44. The number of nitro benzene ring substituents is 1. The molecule has 10 heteroatoms. The van der Waals surface area contributed by atoms with Gasteiger partial charge in [-0.05, 0) is 55.3 Å². The van der Waals surface area contributed by atoms with Crippen LogP contribution in [0.4, 0.5) is 17.1 Å². The molecule has 0 aromatic heterocycles. The SMILES string of the molecule is Cc1ccc(N2C(=O)C(Cc3cccc([N+](=O)[O-])c3)S/C2=C(/C#N)C(=O)Nc2ccc(Br)cc2)cc1. The van der Waals surface area contributed by atoms with E-state index in [2.05, 4.69) is 21.2 Å². The normalized spacial score (nSPS) is 16.4. The summed E-state index contributed by atoms with van der Waals surface area (Å²) < 4.78 is 0.839. The molecule has 1 aliphatic rings. The van der Waals surface area contributed by atoms with Crippen LogP contribution in [0.25, 0.3) is 0 Å². The second kappa shape index (κ2) is 10.8. The third-order valence-corrected chi connectivity index (χ3v) is 7.23. The lowest BCUT2D eigenvalue weighted by atomic mass is 10.1. The highest BCUT2D eigenvalue weighted by molar-refractivity contribution is 9.10. The first-order valence-electron chi connectivity index (χ1n) is 10.8. The lowest BCUT2D eigenvalue weighted by Crippen LogP contribution is -2.30. The van der Waals surface area contributed by atoms with Crippen LogP contribution in [-0.2, 0) is 16.0 Å². The van der Waals surface area contributed by atoms with E-state index in [-0.39, 0.29) is 28.6 Å². The Kier molecular flexibility index (Phi) is 7.52. The number of aryl methyl sites for hydroxylation is 1. The molecule has 180 valence electrons. The fourth-order valence-corrected chi connectivity index (χ4v) is 5.23. The maximum atomic E-state index is 13.6. The quantitative estimate of drug-likeness (QED) is 0.177. The molecule has 0 spiro atoms. The van der Waals surface area contributed by atoms with E-state index >= 15 is 0 Å². The van der Waals surface area contributed by atoms with Crippen molar-refractivity contribution < 1.29 is 14.5 Å². The molecule has 1 heterocycles. The zero-order chi connectivity index (χ0) is 25.8. The van der Waals surface area contributed by atoms with E-state index in [1.165, 1.54) is 17.0 Å². The number of non-ortho nitro benzene ring substituents is 1. The van der Waals surface area contributed by atoms with Crippen molar-refractivity contribution in [2.45, 2.75) is 18.6 Å². The van der Waals surface area contributed by atoms with Gasteiger partial charge in [0.2, 0.25) is 5.91 Å². The summed E-state index contributed by atoms with van der Waals surface area (Å²) in [5.74, 6) is -0.946. The van der Waals surface area contributed by atoms with Gasteiger partial charge in [-0.1, -0.05) is 57.5 Å². The van der Waals surface area contributed by atoms with Gasteiger partial charge in [-0.2, -0.15) is 5.26 Å². The number of amides is 2. The molecular weight excluding hydrogens is 544 g/mol. The van der Waals surface area contributed by atoms with E-state index < -0.39 is 16.1 Å². The number of carbonyl (C=O) groups is 2. The molecule has 1 fully saturated rings. The van der Waals surface area contributed by atoms with Crippen LogP contribution >= 0.6 is 27.7 Å². The number of nitrogens with one attached hydrogen (secondary N) is 1. The molecule has 0 saturated carbocycles. The summed E-state index contributed by atoms with van der Waals surface area (Å²) in [4.78, 5) is 38.7. The first-order valence-corrected chi connectivity index (χ1v) is 12.5. The number of halogens is 1. The van der Waals surface area contributed by atoms with Gasteiger partial charge >= 0.3 is 0 Å². The maximum absolute atomic E-state index is 13.6. The van der Waals surface area contributed by atoms with Gasteiger partial charge in [-0.25, -0.2) is 0 Å². The van der Waals surface area contributed by atoms with Crippen molar-refractivity contribution in [1.29, 1.82) is 5.26 Å². The Labute approximate surface area is 219 Å². The Morgan fingerprint density at radius 1 is 1.17 bits per heavy atom. The highest BCUT2D eigenvalue weighted by atomic mass is 79.9. The Morgan fingerprint density at radius 3 is 2.50 bits per heavy atom.